The first-order chi connectivity index (χ1) is 16.4. The van der Waals surface area contributed by atoms with Gasteiger partial charge in [-0.15, -0.1) is 0 Å². The first kappa shape index (κ1) is 23.7. The minimum atomic E-state index is -1.09. The molecule has 2 heterocycles. The number of Topliss-reactive ketones (excluding diaryl/α,β-unsaturated/α-hetero) is 1. The quantitative estimate of drug-likeness (QED) is 0.494. The minimum Gasteiger partial charge on any atom is -0.460 e. The van der Waals surface area contributed by atoms with E-state index < -0.39 is 64.9 Å². The first-order valence-electron chi connectivity index (χ1n) is 11.6. The van der Waals surface area contributed by atoms with Crippen LogP contribution in [0, 0.1) is 11.3 Å². The average Bonchev–Trinajstić information content (AvgIpc) is 3.31. The van der Waals surface area contributed by atoms with Crippen LogP contribution in [0.15, 0.2) is 21.8 Å². The van der Waals surface area contributed by atoms with Crippen molar-refractivity contribution in [3.8, 4) is 0 Å². The standard InChI is InChI=1S/C25H28O10/c1-10(26)33-15-7-24(3)13(6-14(28)22(24)34-11(2)27)17-19(15)25(4)16(9-31-5)35-23(30)12-8-32-21(18(12)25)20(17)29/h8,13-16,22,28H,6-7,9H2,1-5H3/t13-,14+,15+,16+,22?,24-,25-/m0/s1. The molecule has 1 aromatic rings. The van der Waals surface area contributed by atoms with Crippen LogP contribution in [-0.2, 0) is 34.0 Å². The van der Waals surface area contributed by atoms with E-state index in [0.29, 0.717) is 16.7 Å². The van der Waals surface area contributed by atoms with Crippen molar-refractivity contribution in [3.05, 3.63) is 34.3 Å². The maximum atomic E-state index is 14.0. The van der Waals surface area contributed by atoms with Crippen LogP contribution >= 0.6 is 0 Å². The summed E-state index contributed by atoms with van der Waals surface area (Å²) in [5.41, 5.74) is -0.583. The Morgan fingerprint density at radius 3 is 2.49 bits per heavy atom. The van der Waals surface area contributed by atoms with Gasteiger partial charge in [0.25, 0.3) is 0 Å². The van der Waals surface area contributed by atoms with Gasteiger partial charge in [0, 0.05) is 37.5 Å². The molecule has 1 aliphatic heterocycles. The number of hydrogen-bond acceptors (Lipinski definition) is 10. The van der Waals surface area contributed by atoms with Gasteiger partial charge < -0.3 is 28.5 Å². The second kappa shape index (κ2) is 7.76. The van der Waals surface area contributed by atoms with Gasteiger partial charge in [-0.05, 0) is 31.3 Å². The molecule has 0 saturated heterocycles. The van der Waals surface area contributed by atoms with E-state index in [1.54, 1.807) is 0 Å². The number of rotatable bonds is 4. The van der Waals surface area contributed by atoms with Crippen LogP contribution < -0.4 is 0 Å². The molecule has 0 bridgehead atoms. The normalized spacial score (nSPS) is 37.3. The highest BCUT2D eigenvalue weighted by Crippen LogP contribution is 2.62. The lowest BCUT2D eigenvalue weighted by Gasteiger charge is -2.52. The van der Waals surface area contributed by atoms with E-state index in [4.69, 9.17) is 23.4 Å². The summed E-state index contributed by atoms with van der Waals surface area (Å²) >= 11 is 0. The summed E-state index contributed by atoms with van der Waals surface area (Å²) in [4.78, 5) is 50.8. The molecule has 35 heavy (non-hydrogen) atoms. The minimum absolute atomic E-state index is 0.0234. The number of allylic oxidation sites excluding steroid dienone is 1. The van der Waals surface area contributed by atoms with E-state index in [9.17, 15) is 24.3 Å². The third-order valence-corrected chi connectivity index (χ3v) is 8.21. The highest BCUT2D eigenvalue weighted by Gasteiger charge is 2.66. The molecule has 1 N–H and O–H groups in total. The zero-order valence-electron chi connectivity index (χ0n) is 20.2. The molecule has 1 saturated carbocycles. The van der Waals surface area contributed by atoms with E-state index in [0.717, 1.165) is 0 Å². The Hall–Kier alpha value is -2.98. The Morgan fingerprint density at radius 1 is 1.17 bits per heavy atom. The Morgan fingerprint density at radius 2 is 1.86 bits per heavy atom. The van der Waals surface area contributed by atoms with Gasteiger partial charge in [0.15, 0.2) is 5.76 Å². The lowest BCUT2D eigenvalue weighted by atomic mass is 9.54. The van der Waals surface area contributed by atoms with Crippen LogP contribution in [0.5, 0.6) is 0 Å². The van der Waals surface area contributed by atoms with Crippen molar-refractivity contribution >= 4 is 23.7 Å². The number of methoxy groups -OCH3 is 1. The largest absolute Gasteiger partial charge is 0.460 e. The first-order valence-corrected chi connectivity index (χ1v) is 11.6. The van der Waals surface area contributed by atoms with Crippen molar-refractivity contribution in [2.45, 2.75) is 70.4 Å². The zero-order chi connectivity index (χ0) is 25.4. The van der Waals surface area contributed by atoms with Gasteiger partial charge in [-0.3, -0.25) is 14.4 Å². The van der Waals surface area contributed by atoms with Crippen LogP contribution in [0.25, 0.3) is 0 Å². The van der Waals surface area contributed by atoms with Gasteiger partial charge in [-0.2, -0.15) is 0 Å². The summed E-state index contributed by atoms with van der Waals surface area (Å²) in [6.07, 6.45) is -2.05. The van der Waals surface area contributed by atoms with Crippen molar-refractivity contribution in [3.63, 3.8) is 0 Å². The highest BCUT2D eigenvalue weighted by atomic mass is 16.6. The van der Waals surface area contributed by atoms with E-state index in [1.165, 1.54) is 27.2 Å². The van der Waals surface area contributed by atoms with Crippen molar-refractivity contribution in [2.75, 3.05) is 13.7 Å². The molecule has 5 rings (SSSR count). The van der Waals surface area contributed by atoms with Crippen molar-refractivity contribution in [2.24, 2.45) is 11.3 Å². The summed E-state index contributed by atoms with van der Waals surface area (Å²) in [7, 11) is 1.48. The van der Waals surface area contributed by atoms with Gasteiger partial charge in [0.05, 0.1) is 18.1 Å². The molecule has 0 amide bonds. The summed E-state index contributed by atoms with van der Waals surface area (Å²) in [6.45, 7) is 6.22. The van der Waals surface area contributed by atoms with Gasteiger partial charge in [0.1, 0.15) is 30.1 Å². The molecule has 1 aromatic heterocycles. The second-order valence-electron chi connectivity index (χ2n) is 10.3. The topological polar surface area (TPSA) is 139 Å². The molecule has 0 aromatic carbocycles. The molecule has 1 fully saturated rings. The Labute approximate surface area is 201 Å². The van der Waals surface area contributed by atoms with Crippen molar-refractivity contribution < 1.29 is 47.6 Å². The lowest BCUT2D eigenvalue weighted by Crippen LogP contribution is -2.58. The summed E-state index contributed by atoms with van der Waals surface area (Å²) in [6, 6.07) is 0. The monoisotopic (exact) mass is 488 g/mol. The van der Waals surface area contributed by atoms with Crippen LogP contribution in [-0.4, -0.2) is 66.9 Å². The smallest absolute Gasteiger partial charge is 0.342 e. The van der Waals surface area contributed by atoms with E-state index in [1.807, 2.05) is 13.8 Å². The number of furan rings is 1. The van der Waals surface area contributed by atoms with E-state index in [2.05, 4.69) is 0 Å². The van der Waals surface area contributed by atoms with Gasteiger partial charge >= 0.3 is 17.9 Å². The Balaban J connectivity index is 1.78. The van der Waals surface area contributed by atoms with Crippen LogP contribution in [0.4, 0.5) is 0 Å². The number of fused-ring (bicyclic) bond motifs is 3. The molecular weight excluding hydrogens is 460 g/mol. The van der Waals surface area contributed by atoms with Crippen LogP contribution in [0.3, 0.4) is 0 Å². The SMILES string of the molecule is COC[C@H]1OC(=O)c2coc3c2[C@@]1(C)C1=C(C3=O)[C@@H]2C[C@@H](O)C(OC(C)=O)[C@@]2(C)C[C@H]1OC(C)=O. The molecular formula is C25H28O10. The molecule has 0 radical (unpaired) electrons. The number of ketones is 1. The predicted octanol–water partition coefficient (Wildman–Crippen LogP) is 1.87. The number of aliphatic hydroxyl groups is 1. The second-order valence-corrected chi connectivity index (χ2v) is 10.3. The molecule has 1 unspecified atom stereocenters. The fraction of sp³-hybridized carbons (Fsp3) is 0.600. The molecule has 0 spiro atoms. The van der Waals surface area contributed by atoms with Crippen LogP contribution in [0.2, 0.25) is 0 Å². The number of hydrogen-bond donors (Lipinski definition) is 1. The summed E-state index contributed by atoms with van der Waals surface area (Å²) in [5.74, 6) is -2.67. The average molecular weight is 488 g/mol. The summed E-state index contributed by atoms with van der Waals surface area (Å²) in [5, 5.41) is 10.9. The maximum Gasteiger partial charge on any atom is 0.342 e. The van der Waals surface area contributed by atoms with Crippen molar-refractivity contribution in [1.29, 1.82) is 0 Å². The van der Waals surface area contributed by atoms with Gasteiger partial charge in [0.2, 0.25) is 5.78 Å². The zero-order valence-corrected chi connectivity index (χ0v) is 20.2. The highest BCUT2D eigenvalue weighted by molar-refractivity contribution is 6.13. The van der Waals surface area contributed by atoms with Gasteiger partial charge in [-0.25, -0.2) is 4.79 Å². The molecule has 10 nitrogen and oxygen atoms in total. The number of carbonyl (C=O) groups excluding carboxylic acids is 4. The third-order valence-electron chi connectivity index (χ3n) is 8.21. The molecule has 188 valence electrons. The molecule has 10 heteroatoms. The lowest BCUT2D eigenvalue weighted by molar-refractivity contribution is -0.163. The number of ether oxygens (including phenoxy) is 4. The third kappa shape index (κ3) is 3.09. The number of cyclic esters (lactones) is 1. The molecule has 7 atom stereocenters. The fourth-order valence-electron chi connectivity index (χ4n) is 6.87. The molecule has 3 aliphatic carbocycles. The van der Waals surface area contributed by atoms with Crippen LogP contribution in [0.1, 0.15) is 67.0 Å². The molecule has 4 aliphatic rings. The number of esters is 3. The predicted molar refractivity (Wildman–Crippen MR) is 116 cm³/mol. The fourth-order valence-corrected chi connectivity index (χ4v) is 6.87. The van der Waals surface area contributed by atoms with E-state index >= 15 is 0 Å². The Bertz CT molecular complexity index is 1180. The maximum absolute atomic E-state index is 14.0. The van der Waals surface area contributed by atoms with E-state index in [-0.39, 0.29) is 30.8 Å². The number of carbonyl (C=O) groups is 4. The van der Waals surface area contributed by atoms with Gasteiger partial charge in [-0.1, -0.05) is 6.92 Å². The number of aliphatic hydroxyl groups excluding tert-OH is 1. The summed E-state index contributed by atoms with van der Waals surface area (Å²) < 4.78 is 28.1. The van der Waals surface area contributed by atoms with Crippen molar-refractivity contribution in [1.82, 2.24) is 0 Å². The Kier molecular flexibility index (Phi) is 5.27.